The first-order valence-corrected chi connectivity index (χ1v) is 26.3. The molecule has 378 valence electrons. The second-order valence-electron chi connectivity index (χ2n) is 23.1. The molecule has 0 spiro atoms. The second-order valence-corrected chi connectivity index (χ2v) is 23.1. The maximum Gasteiger partial charge on any atom is 0.311 e. The van der Waals surface area contributed by atoms with E-state index in [-0.39, 0.29) is 22.8 Å². The topological polar surface area (TPSA) is 116 Å². The Morgan fingerprint density at radius 2 is 1.09 bits per heavy atom. The number of nitrogens with zero attached hydrogens (tertiary/aromatic N) is 2. The van der Waals surface area contributed by atoms with Gasteiger partial charge < -0.3 is 24.3 Å². The van der Waals surface area contributed by atoms with Gasteiger partial charge in [0.15, 0.2) is 6.29 Å². The summed E-state index contributed by atoms with van der Waals surface area (Å²) in [7, 11) is 0. The number of piperidine rings is 2. The summed E-state index contributed by atoms with van der Waals surface area (Å²) < 4.78 is 22.9. The molecule has 0 unspecified atom stereocenters. The third-order valence-corrected chi connectivity index (χ3v) is 15.7. The summed E-state index contributed by atoms with van der Waals surface area (Å²) in [6, 6.07) is 21.1. The number of fused-ring (bicyclic) bond motifs is 2. The largest absolute Gasteiger partial charge is 0.490 e. The Bertz CT molecular complexity index is 2280. The van der Waals surface area contributed by atoms with Crippen LogP contribution in [0.2, 0.25) is 0 Å². The molecule has 3 aromatic carbocycles. The lowest BCUT2D eigenvalue weighted by Crippen LogP contribution is -2.43. The number of esters is 2. The summed E-state index contributed by atoms with van der Waals surface area (Å²) in [4.78, 5) is 41.1. The highest BCUT2D eigenvalue weighted by Gasteiger charge is 2.39. The Balaban J connectivity index is 0.000000191. The highest BCUT2D eigenvalue weighted by molar-refractivity contribution is 5.87. The number of ether oxygens (including phenoxy) is 4. The lowest BCUT2D eigenvalue weighted by atomic mass is 9.72. The van der Waals surface area contributed by atoms with Crippen molar-refractivity contribution in [3.05, 3.63) is 78.1 Å². The molecule has 3 heterocycles. The maximum absolute atomic E-state index is 12.3. The van der Waals surface area contributed by atoms with E-state index < -0.39 is 0 Å². The zero-order valence-electron chi connectivity index (χ0n) is 43.9. The molecule has 4 aliphatic rings. The summed E-state index contributed by atoms with van der Waals surface area (Å²) in [6.45, 7) is 27.4. The Kier molecular flexibility index (Phi) is 18.8. The van der Waals surface area contributed by atoms with Gasteiger partial charge in [0.05, 0.1) is 36.3 Å². The summed E-state index contributed by atoms with van der Waals surface area (Å²) >= 11 is 0. The van der Waals surface area contributed by atoms with E-state index in [0.29, 0.717) is 41.9 Å². The molecular weight excluding hydrogens is 863 g/mol. The predicted octanol–water partition coefficient (Wildman–Crippen LogP) is 13.0. The summed E-state index contributed by atoms with van der Waals surface area (Å²) in [5.74, 6) is 3.42. The fourth-order valence-electron chi connectivity index (χ4n) is 10.7. The van der Waals surface area contributed by atoms with Gasteiger partial charge in [-0.25, -0.2) is 0 Å². The van der Waals surface area contributed by atoms with Crippen LogP contribution < -0.4 is 14.8 Å². The molecular formula is C59H85N3O7. The van der Waals surface area contributed by atoms with Crippen LogP contribution in [-0.2, 0) is 25.6 Å². The van der Waals surface area contributed by atoms with Crippen molar-refractivity contribution in [2.75, 3.05) is 39.4 Å². The van der Waals surface area contributed by atoms with Crippen molar-refractivity contribution in [2.45, 2.75) is 165 Å². The highest BCUT2D eigenvalue weighted by Crippen LogP contribution is 2.41. The van der Waals surface area contributed by atoms with Crippen molar-refractivity contribution >= 4 is 39.8 Å². The number of benzene rings is 3. The minimum Gasteiger partial charge on any atom is -0.490 e. The fourth-order valence-corrected chi connectivity index (χ4v) is 10.7. The molecule has 10 heteroatoms. The normalized spacial score (nSPS) is 22.8. The number of hydrogen-bond donors (Lipinski definition) is 1. The molecule has 69 heavy (non-hydrogen) atoms. The molecule has 1 aromatic heterocycles. The molecule has 0 bridgehead atoms. The maximum atomic E-state index is 12.3. The van der Waals surface area contributed by atoms with Gasteiger partial charge in [-0.3, -0.25) is 24.3 Å². The van der Waals surface area contributed by atoms with Gasteiger partial charge in [-0.2, -0.15) is 0 Å². The highest BCUT2D eigenvalue weighted by atomic mass is 16.5. The zero-order valence-corrected chi connectivity index (χ0v) is 43.9. The second kappa shape index (κ2) is 24.0. The van der Waals surface area contributed by atoms with Gasteiger partial charge in [-0.05, 0) is 212 Å². The lowest BCUT2D eigenvalue weighted by molar-refractivity contribution is -0.157. The van der Waals surface area contributed by atoms with E-state index >= 15 is 0 Å². The molecule has 2 aliphatic heterocycles. The molecule has 8 rings (SSSR count). The molecule has 1 N–H and O–H groups in total. The average molecular weight is 948 g/mol. The van der Waals surface area contributed by atoms with Crippen LogP contribution in [0.25, 0.3) is 21.5 Å². The van der Waals surface area contributed by atoms with Crippen molar-refractivity contribution in [1.29, 1.82) is 0 Å². The van der Waals surface area contributed by atoms with Crippen LogP contribution in [0.4, 0.5) is 0 Å². The van der Waals surface area contributed by atoms with Crippen LogP contribution in [0.15, 0.2) is 66.9 Å². The van der Waals surface area contributed by atoms with Crippen molar-refractivity contribution in [1.82, 2.24) is 15.2 Å². The third kappa shape index (κ3) is 15.2. The van der Waals surface area contributed by atoms with Gasteiger partial charge in [0.25, 0.3) is 0 Å². The minimum absolute atomic E-state index is 0.0356. The van der Waals surface area contributed by atoms with Crippen LogP contribution in [0.3, 0.4) is 0 Å². The molecule has 2 saturated heterocycles. The molecule has 0 amide bonds. The van der Waals surface area contributed by atoms with E-state index in [1.54, 1.807) is 12.3 Å². The molecule has 10 nitrogen and oxygen atoms in total. The van der Waals surface area contributed by atoms with E-state index in [1.165, 1.54) is 42.0 Å². The number of aldehydes is 1. The van der Waals surface area contributed by atoms with E-state index in [1.807, 2.05) is 45.9 Å². The van der Waals surface area contributed by atoms with Crippen molar-refractivity contribution < 1.29 is 33.3 Å². The van der Waals surface area contributed by atoms with Gasteiger partial charge in [-0.1, -0.05) is 65.8 Å². The molecule has 0 atom stereocenters. The van der Waals surface area contributed by atoms with E-state index in [9.17, 15) is 14.4 Å². The quantitative estimate of drug-likeness (QED) is 0.115. The summed E-state index contributed by atoms with van der Waals surface area (Å²) in [6.07, 6.45) is 16.3. The lowest BCUT2D eigenvalue weighted by Gasteiger charge is -2.37. The van der Waals surface area contributed by atoms with Gasteiger partial charge in [-0.15, -0.1) is 0 Å². The number of carbonyl (C=O) groups excluding carboxylic acids is 3. The SMILES string of the molecule is CC(C)(C)C1CCC(Oc2ccc3cc(C=O)ncc3c2)CC1.CCOC(=O)C1(C)CCN(Cc2ccc3cc(OC4CCC(C(C)(C)C)CC4)ccc3c2)CC1.CCOC(=O)C1(C)CCNCC1. The van der Waals surface area contributed by atoms with Gasteiger partial charge in [0.2, 0.25) is 0 Å². The predicted molar refractivity (Wildman–Crippen MR) is 279 cm³/mol. The smallest absolute Gasteiger partial charge is 0.311 e. The van der Waals surface area contributed by atoms with Gasteiger partial charge in [0, 0.05) is 18.1 Å². The standard InChI is InChI=1S/C30H43NO3.C20H25NO2.C9H17NO2/c1-6-33-28(32)30(5)15-17-31(18-16-30)21-22-7-8-24-20-27(12-9-23(24)19-22)34-26-13-10-25(11-14-26)29(2,3)4;1-20(2,3)16-5-8-18(9-6-16)23-19-7-4-14-10-17(13-22)21-12-15(14)11-19;1-3-12-8(11)9(2)4-6-10-7-5-9/h7-9,12,19-20,25-26H,6,10-11,13-18,21H2,1-5H3;4,7,10-13,16,18H,5-6,8-9H2,1-3H3;10H,3-7H2,1-2H3. The Labute approximate surface area is 414 Å². The van der Waals surface area contributed by atoms with E-state index in [2.05, 4.69) is 93.1 Å². The summed E-state index contributed by atoms with van der Waals surface area (Å²) in [5.41, 5.74) is 2.02. The Hall–Kier alpha value is -4.54. The number of hydrogen-bond acceptors (Lipinski definition) is 10. The molecule has 0 radical (unpaired) electrons. The molecule has 4 fully saturated rings. The first-order chi connectivity index (χ1) is 32.8. The van der Waals surface area contributed by atoms with Crippen LogP contribution in [0, 0.1) is 33.5 Å². The average Bonchev–Trinajstić information content (AvgIpc) is 3.33. The monoisotopic (exact) mass is 948 g/mol. The summed E-state index contributed by atoms with van der Waals surface area (Å²) in [5, 5.41) is 7.75. The van der Waals surface area contributed by atoms with Crippen molar-refractivity contribution in [3.63, 3.8) is 0 Å². The molecule has 2 saturated carbocycles. The first kappa shape index (κ1) is 53.8. The third-order valence-electron chi connectivity index (χ3n) is 15.7. The van der Waals surface area contributed by atoms with Crippen LogP contribution >= 0.6 is 0 Å². The van der Waals surface area contributed by atoms with E-state index in [4.69, 9.17) is 18.9 Å². The zero-order chi connectivity index (χ0) is 49.8. The van der Waals surface area contributed by atoms with Crippen LogP contribution in [0.5, 0.6) is 11.5 Å². The van der Waals surface area contributed by atoms with Crippen molar-refractivity contribution in [2.24, 2.45) is 33.5 Å². The van der Waals surface area contributed by atoms with Gasteiger partial charge in [0.1, 0.15) is 17.2 Å². The number of nitrogens with one attached hydrogen (secondary N) is 1. The van der Waals surface area contributed by atoms with Crippen LogP contribution in [0.1, 0.15) is 162 Å². The van der Waals surface area contributed by atoms with E-state index in [0.717, 1.165) is 124 Å². The fraction of sp³-hybridized carbons (Fsp3) is 0.627. The van der Waals surface area contributed by atoms with Gasteiger partial charge >= 0.3 is 11.9 Å². The number of aromatic nitrogens is 1. The van der Waals surface area contributed by atoms with Crippen LogP contribution in [-0.4, -0.2) is 79.7 Å². The number of likely N-dealkylation sites (tertiary alicyclic amines) is 1. The Morgan fingerprint density at radius 3 is 1.57 bits per heavy atom. The number of pyridine rings is 1. The van der Waals surface area contributed by atoms with Crippen molar-refractivity contribution in [3.8, 4) is 11.5 Å². The number of carbonyl (C=O) groups is 3. The minimum atomic E-state index is -0.335. The first-order valence-electron chi connectivity index (χ1n) is 26.3. The Morgan fingerprint density at radius 1 is 0.638 bits per heavy atom. The number of rotatable bonds is 11. The molecule has 4 aromatic rings. The molecule has 2 aliphatic carbocycles.